The van der Waals surface area contributed by atoms with E-state index in [-0.39, 0.29) is 0 Å². The van der Waals surface area contributed by atoms with Gasteiger partial charge in [0, 0.05) is 18.6 Å². The maximum atomic E-state index is 3.63. The second-order valence-electron chi connectivity index (χ2n) is 7.15. The van der Waals surface area contributed by atoms with Gasteiger partial charge in [0.15, 0.2) is 0 Å². The van der Waals surface area contributed by atoms with Gasteiger partial charge in [-0.05, 0) is 63.5 Å². The monoisotopic (exact) mass is 264 g/mol. The van der Waals surface area contributed by atoms with Gasteiger partial charge in [0.1, 0.15) is 0 Å². The Morgan fingerprint density at radius 1 is 0.895 bits per heavy atom. The van der Waals surface area contributed by atoms with Gasteiger partial charge in [-0.3, -0.25) is 0 Å². The molecule has 0 amide bonds. The van der Waals surface area contributed by atoms with Gasteiger partial charge in [0.25, 0.3) is 0 Å². The van der Waals surface area contributed by atoms with E-state index in [2.05, 4.69) is 17.1 Å². The third-order valence-corrected chi connectivity index (χ3v) is 6.03. The first kappa shape index (κ1) is 13.9. The molecule has 110 valence electrons. The Balaban J connectivity index is 1.48. The Morgan fingerprint density at radius 2 is 1.63 bits per heavy atom. The summed E-state index contributed by atoms with van der Waals surface area (Å²) in [6.07, 6.45) is 13.3. The lowest BCUT2D eigenvalue weighted by Gasteiger charge is -2.46. The van der Waals surface area contributed by atoms with Crippen LogP contribution in [0, 0.1) is 11.8 Å². The standard InChI is InChI=1S/C17H32N2/c1-2-18-16-7-9-17(10-8-16)19-12-11-14-5-3-4-6-15(14)13-19/h14-18H,2-13H2,1H3. The maximum absolute atomic E-state index is 3.63. The summed E-state index contributed by atoms with van der Waals surface area (Å²) in [5, 5.41) is 3.63. The number of rotatable bonds is 3. The number of hydrogen-bond acceptors (Lipinski definition) is 2. The highest BCUT2D eigenvalue weighted by molar-refractivity contribution is 4.89. The van der Waals surface area contributed by atoms with E-state index < -0.39 is 0 Å². The topological polar surface area (TPSA) is 15.3 Å². The van der Waals surface area contributed by atoms with Crippen LogP contribution < -0.4 is 5.32 Å². The average Bonchev–Trinajstić information content (AvgIpc) is 2.48. The number of fused-ring (bicyclic) bond motifs is 1. The summed E-state index contributed by atoms with van der Waals surface area (Å²) in [6.45, 7) is 6.21. The smallest absolute Gasteiger partial charge is 0.00965 e. The second-order valence-corrected chi connectivity index (χ2v) is 7.15. The van der Waals surface area contributed by atoms with Crippen LogP contribution in [0.2, 0.25) is 0 Å². The second kappa shape index (κ2) is 6.58. The summed E-state index contributed by atoms with van der Waals surface area (Å²) >= 11 is 0. The Kier molecular flexibility index (Phi) is 4.81. The first-order valence-electron chi connectivity index (χ1n) is 8.84. The van der Waals surface area contributed by atoms with Crippen LogP contribution in [0.5, 0.6) is 0 Å². The molecule has 3 fully saturated rings. The molecule has 2 heteroatoms. The van der Waals surface area contributed by atoms with Crippen molar-refractivity contribution in [3.63, 3.8) is 0 Å². The highest BCUT2D eigenvalue weighted by Gasteiger charge is 2.34. The van der Waals surface area contributed by atoms with Crippen molar-refractivity contribution in [1.82, 2.24) is 10.2 Å². The normalized spacial score (nSPS) is 40.9. The molecular formula is C17H32N2. The zero-order chi connectivity index (χ0) is 13.1. The van der Waals surface area contributed by atoms with Crippen LogP contribution >= 0.6 is 0 Å². The lowest BCUT2D eigenvalue weighted by molar-refractivity contribution is 0.0409. The number of hydrogen-bond donors (Lipinski definition) is 1. The molecule has 1 aliphatic heterocycles. The Labute approximate surface area is 119 Å². The van der Waals surface area contributed by atoms with Crippen LogP contribution in [-0.2, 0) is 0 Å². The minimum absolute atomic E-state index is 0.813. The molecule has 3 rings (SSSR count). The van der Waals surface area contributed by atoms with E-state index in [9.17, 15) is 0 Å². The Hall–Kier alpha value is -0.0800. The van der Waals surface area contributed by atoms with Gasteiger partial charge in [0.05, 0.1) is 0 Å². The first-order valence-corrected chi connectivity index (χ1v) is 8.84. The summed E-state index contributed by atoms with van der Waals surface area (Å²) in [6, 6.07) is 1.73. The molecule has 1 N–H and O–H groups in total. The van der Waals surface area contributed by atoms with E-state index in [1.54, 1.807) is 0 Å². The molecule has 2 nitrogen and oxygen atoms in total. The number of nitrogens with zero attached hydrogens (tertiary/aromatic N) is 1. The Morgan fingerprint density at radius 3 is 2.37 bits per heavy atom. The molecule has 19 heavy (non-hydrogen) atoms. The quantitative estimate of drug-likeness (QED) is 0.840. The maximum Gasteiger partial charge on any atom is 0.00965 e. The van der Waals surface area contributed by atoms with E-state index in [0.717, 1.165) is 30.5 Å². The average molecular weight is 264 g/mol. The van der Waals surface area contributed by atoms with Crippen molar-refractivity contribution in [3.8, 4) is 0 Å². The molecule has 0 bridgehead atoms. The van der Waals surface area contributed by atoms with Crippen molar-refractivity contribution < 1.29 is 0 Å². The molecule has 0 radical (unpaired) electrons. The third-order valence-electron chi connectivity index (χ3n) is 6.03. The molecule has 2 aliphatic carbocycles. The molecule has 0 spiro atoms. The predicted molar refractivity (Wildman–Crippen MR) is 81.4 cm³/mol. The molecular weight excluding hydrogens is 232 g/mol. The van der Waals surface area contributed by atoms with Crippen molar-refractivity contribution in [2.45, 2.75) is 76.8 Å². The molecule has 2 unspecified atom stereocenters. The van der Waals surface area contributed by atoms with Gasteiger partial charge in [-0.1, -0.05) is 26.2 Å². The molecule has 1 heterocycles. The Bertz CT molecular complexity index is 270. The van der Waals surface area contributed by atoms with Gasteiger partial charge in [-0.25, -0.2) is 0 Å². The van der Waals surface area contributed by atoms with Gasteiger partial charge >= 0.3 is 0 Å². The highest BCUT2D eigenvalue weighted by atomic mass is 15.2. The van der Waals surface area contributed by atoms with E-state index in [0.29, 0.717) is 0 Å². The zero-order valence-corrected chi connectivity index (χ0v) is 12.7. The van der Waals surface area contributed by atoms with Crippen LogP contribution in [-0.4, -0.2) is 36.6 Å². The molecule has 2 atom stereocenters. The van der Waals surface area contributed by atoms with Gasteiger partial charge in [0.2, 0.25) is 0 Å². The summed E-state index contributed by atoms with van der Waals surface area (Å²) in [4.78, 5) is 2.87. The van der Waals surface area contributed by atoms with E-state index in [4.69, 9.17) is 0 Å². The van der Waals surface area contributed by atoms with Crippen molar-refractivity contribution in [2.75, 3.05) is 19.6 Å². The van der Waals surface area contributed by atoms with Gasteiger partial charge < -0.3 is 10.2 Å². The molecule has 0 aromatic rings. The van der Waals surface area contributed by atoms with Crippen LogP contribution in [0.3, 0.4) is 0 Å². The largest absolute Gasteiger partial charge is 0.314 e. The predicted octanol–water partition coefficient (Wildman–Crippen LogP) is 3.42. The fourth-order valence-electron chi connectivity index (χ4n) is 4.89. The summed E-state index contributed by atoms with van der Waals surface area (Å²) in [5.41, 5.74) is 0. The van der Waals surface area contributed by atoms with E-state index in [1.165, 1.54) is 70.9 Å². The van der Waals surface area contributed by atoms with Gasteiger partial charge in [-0.2, -0.15) is 0 Å². The number of likely N-dealkylation sites (tertiary alicyclic amines) is 1. The summed E-state index contributed by atoms with van der Waals surface area (Å²) in [5.74, 6) is 2.14. The number of nitrogens with one attached hydrogen (secondary N) is 1. The summed E-state index contributed by atoms with van der Waals surface area (Å²) in [7, 11) is 0. The zero-order valence-electron chi connectivity index (χ0n) is 12.7. The first-order chi connectivity index (χ1) is 9.36. The van der Waals surface area contributed by atoms with Crippen LogP contribution in [0.25, 0.3) is 0 Å². The SMILES string of the molecule is CCNC1CCC(N2CCC3CCCCC3C2)CC1. The molecule has 2 saturated carbocycles. The highest BCUT2D eigenvalue weighted by Crippen LogP contribution is 2.38. The molecule has 0 aromatic carbocycles. The van der Waals surface area contributed by atoms with Crippen molar-refractivity contribution in [2.24, 2.45) is 11.8 Å². The molecule has 0 aromatic heterocycles. The van der Waals surface area contributed by atoms with Gasteiger partial charge in [-0.15, -0.1) is 0 Å². The van der Waals surface area contributed by atoms with Crippen molar-refractivity contribution >= 4 is 0 Å². The fourth-order valence-corrected chi connectivity index (χ4v) is 4.89. The van der Waals surface area contributed by atoms with Crippen molar-refractivity contribution in [1.29, 1.82) is 0 Å². The van der Waals surface area contributed by atoms with Crippen LogP contribution in [0.4, 0.5) is 0 Å². The molecule has 1 saturated heterocycles. The lowest BCUT2D eigenvalue weighted by Crippen LogP contribution is -2.49. The fraction of sp³-hybridized carbons (Fsp3) is 1.00. The minimum atomic E-state index is 0.813. The van der Waals surface area contributed by atoms with E-state index in [1.807, 2.05) is 0 Å². The van der Waals surface area contributed by atoms with Crippen molar-refractivity contribution in [3.05, 3.63) is 0 Å². The minimum Gasteiger partial charge on any atom is -0.314 e. The summed E-state index contributed by atoms with van der Waals surface area (Å²) < 4.78 is 0. The van der Waals surface area contributed by atoms with E-state index >= 15 is 0 Å². The number of piperidine rings is 1. The molecule has 3 aliphatic rings. The lowest BCUT2D eigenvalue weighted by atomic mass is 9.74. The van der Waals surface area contributed by atoms with Crippen LogP contribution in [0.15, 0.2) is 0 Å². The third kappa shape index (κ3) is 3.33. The van der Waals surface area contributed by atoms with Crippen LogP contribution in [0.1, 0.15) is 64.7 Å².